The van der Waals surface area contributed by atoms with Crippen molar-refractivity contribution in [3.8, 4) is 17.2 Å². The van der Waals surface area contributed by atoms with Crippen molar-refractivity contribution >= 4 is 16.6 Å². The van der Waals surface area contributed by atoms with Crippen LogP contribution in [0.4, 0.5) is 0 Å². The van der Waals surface area contributed by atoms with Gasteiger partial charge in [0.2, 0.25) is 0 Å². The molecule has 0 aliphatic heterocycles. The summed E-state index contributed by atoms with van der Waals surface area (Å²) in [5.74, 6) is 1.72. The second-order valence-corrected chi connectivity index (χ2v) is 4.85. The number of carbonyl (C=O) groups is 1. The molecule has 2 rings (SSSR count). The fourth-order valence-electron chi connectivity index (χ4n) is 2.81. The van der Waals surface area contributed by atoms with Crippen molar-refractivity contribution in [1.82, 2.24) is 0 Å². The van der Waals surface area contributed by atoms with E-state index in [0.29, 0.717) is 29.2 Å². The number of ether oxygens (including phenoxy) is 3. The summed E-state index contributed by atoms with van der Waals surface area (Å²) in [6.07, 6.45) is 2.26. The summed E-state index contributed by atoms with van der Waals surface area (Å²) >= 11 is 0. The van der Waals surface area contributed by atoms with Crippen LogP contribution in [0.1, 0.15) is 22.8 Å². The molecular weight excluding hydrogens is 280 g/mol. The number of rotatable bonds is 6. The molecule has 4 heteroatoms. The van der Waals surface area contributed by atoms with E-state index < -0.39 is 0 Å². The van der Waals surface area contributed by atoms with Crippen molar-refractivity contribution < 1.29 is 19.0 Å². The van der Waals surface area contributed by atoms with E-state index in [1.54, 1.807) is 27.4 Å². The molecule has 0 saturated carbocycles. The second kappa shape index (κ2) is 6.52. The molecule has 4 nitrogen and oxygen atoms in total. The summed E-state index contributed by atoms with van der Waals surface area (Å²) in [6, 6.07) is 5.64. The van der Waals surface area contributed by atoms with E-state index in [9.17, 15) is 4.79 Å². The van der Waals surface area contributed by atoms with Crippen LogP contribution in [0.5, 0.6) is 17.2 Å². The average molecular weight is 300 g/mol. The van der Waals surface area contributed by atoms with Gasteiger partial charge in [0.1, 0.15) is 17.2 Å². The van der Waals surface area contributed by atoms with Gasteiger partial charge in [0.25, 0.3) is 0 Å². The summed E-state index contributed by atoms with van der Waals surface area (Å²) in [5, 5.41) is 1.59. The van der Waals surface area contributed by atoms with Gasteiger partial charge in [-0.1, -0.05) is 18.2 Å². The Morgan fingerprint density at radius 3 is 2.32 bits per heavy atom. The zero-order valence-electron chi connectivity index (χ0n) is 13.4. The molecular formula is C18H20O4. The molecule has 116 valence electrons. The molecule has 0 radical (unpaired) electrons. The molecule has 0 N–H and O–H groups in total. The number of methoxy groups -OCH3 is 3. The average Bonchev–Trinajstić information content (AvgIpc) is 2.52. The fraction of sp³-hybridized carbons (Fsp3) is 0.278. The first-order valence-electron chi connectivity index (χ1n) is 6.96. The summed E-state index contributed by atoms with van der Waals surface area (Å²) in [5.41, 5.74) is 1.29. The summed E-state index contributed by atoms with van der Waals surface area (Å²) in [7, 11) is 4.74. The van der Waals surface area contributed by atoms with Gasteiger partial charge in [-0.25, -0.2) is 0 Å². The van der Waals surface area contributed by atoms with Crippen molar-refractivity contribution in [2.24, 2.45) is 0 Å². The smallest absolute Gasteiger partial charge is 0.163 e. The standard InChI is InChI=1S/C18H20O4/c1-6-8-12-15(11(2)19)18(22-5)16-13(17(12)21-4)9-7-10-14(16)20-3/h6-7,9-10H,1,8H2,2-5H3. The molecule has 0 saturated heterocycles. The number of Topliss-reactive ketones (excluding diaryl/α,β-unsaturated/α-hetero) is 1. The quantitative estimate of drug-likeness (QED) is 0.601. The Bertz CT molecular complexity index is 732. The molecule has 0 bridgehead atoms. The Morgan fingerprint density at radius 1 is 1.14 bits per heavy atom. The molecule has 0 aromatic heterocycles. The van der Waals surface area contributed by atoms with Crippen LogP contribution in [0.25, 0.3) is 10.8 Å². The maximum absolute atomic E-state index is 12.2. The highest BCUT2D eigenvalue weighted by Gasteiger charge is 2.24. The number of fused-ring (bicyclic) bond motifs is 1. The molecule has 2 aromatic rings. The predicted octanol–water partition coefficient (Wildman–Crippen LogP) is 3.80. The lowest BCUT2D eigenvalue weighted by Crippen LogP contribution is -2.07. The Kier molecular flexibility index (Phi) is 4.71. The third kappa shape index (κ3) is 2.41. The van der Waals surface area contributed by atoms with Gasteiger partial charge in [0.05, 0.1) is 32.3 Å². The van der Waals surface area contributed by atoms with E-state index in [2.05, 4.69) is 6.58 Å². The zero-order valence-corrected chi connectivity index (χ0v) is 13.4. The molecule has 0 amide bonds. The van der Waals surface area contributed by atoms with Crippen molar-refractivity contribution in [3.05, 3.63) is 42.0 Å². The summed E-state index contributed by atoms with van der Waals surface area (Å²) in [4.78, 5) is 12.2. The van der Waals surface area contributed by atoms with Gasteiger partial charge in [-0.05, 0) is 19.4 Å². The van der Waals surface area contributed by atoms with Gasteiger partial charge in [-0.2, -0.15) is 0 Å². The van der Waals surface area contributed by atoms with Crippen LogP contribution in [0.15, 0.2) is 30.9 Å². The maximum atomic E-state index is 12.2. The summed E-state index contributed by atoms with van der Waals surface area (Å²) < 4.78 is 16.6. The number of ketones is 1. The minimum absolute atomic E-state index is 0.0835. The number of allylic oxidation sites excluding steroid dienone is 1. The van der Waals surface area contributed by atoms with Crippen molar-refractivity contribution in [3.63, 3.8) is 0 Å². The van der Waals surface area contributed by atoms with Crippen LogP contribution in [0, 0.1) is 0 Å². The first-order valence-corrected chi connectivity index (χ1v) is 6.96. The summed E-state index contributed by atoms with van der Waals surface area (Å²) in [6.45, 7) is 5.29. The number of benzene rings is 2. The molecule has 2 aromatic carbocycles. The van der Waals surface area contributed by atoms with Gasteiger partial charge in [-0.3, -0.25) is 4.79 Å². The lowest BCUT2D eigenvalue weighted by atomic mass is 9.93. The monoisotopic (exact) mass is 300 g/mol. The molecule has 0 aliphatic rings. The van der Waals surface area contributed by atoms with Crippen molar-refractivity contribution in [1.29, 1.82) is 0 Å². The van der Waals surface area contributed by atoms with Crippen molar-refractivity contribution in [2.45, 2.75) is 13.3 Å². The first kappa shape index (κ1) is 15.9. The highest BCUT2D eigenvalue weighted by atomic mass is 16.5. The third-order valence-electron chi connectivity index (χ3n) is 3.63. The van der Waals surface area contributed by atoms with E-state index in [0.717, 1.165) is 16.3 Å². The van der Waals surface area contributed by atoms with Gasteiger partial charge < -0.3 is 14.2 Å². The largest absolute Gasteiger partial charge is 0.496 e. The van der Waals surface area contributed by atoms with Gasteiger partial charge in [0.15, 0.2) is 5.78 Å². The maximum Gasteiger partial charge on any atom is 0.163 e. The third-order valence-corrected chi connectivity index (χ3v) is 3.63. The lowest BCUT2D eigenvalue weighted by Gasteiger charge is -2.20. The molecule has 0 spiro atoms. The molecule has 0 heterocycles. The minimum Gasteiger partial charge on any atom is -0.496 e. The fourth-order valence-corrected chi connectivity index (χ4v) is 2.81. The number of hydrogen-bond donors (Lipinski definition) is 0. The zero-order chi connectivity index (χ0) is 16.3. The predicted molar refractivity (Wildman–Crippen MR) is 87.5 cm³/mol. The second-order valence-electron chi connectivity index (χ2n) is 4.85. The van der Waals surface area contributed by atoms with E-state index in [4.69, 9.17) is 14.2 Å². The van der Waals surface area contributed by atoms with E-state index >= 15 is 0 Å². The normalized spacial score (nSPS) is 10.4. The van der Waals surface area contributed by atoms with E-state index in [1.165, 1.54) is 6.92 Å². The van der Waals surface area contributed by atoms with Crippen LogP contribution in [-0.2, 0) is 6.42 Å². The van der Waals surface area contributed by atoms with Crippen LogP contribution >= 0.6 is 0 Å². The molecule has 22 heavy (non-hydrogen) atoms. The Hall–Kier alpha value is -2.49. The lowest BCUT2D eigenvalue weighted by molar-refractivity contribution is 0.101. The van der Waals surface area contributed by atoms with Crippen molar-refractivity contribution in [2.75, 3.05) is 21.3 Å². The number of carbonyl (C=O) groups excluding carboxylic acids is 1. The van der Waals surface area contributed by atoms with E-state index in [-0.39, 0.29) is 5.78 Å². The SMILES string of the molecule is C=CCc1c(C(C)=O)c(OC)c2c(OC)cccc2c1OC. The van der Waals surface area contributed by atoms with Crippen LogP contribution in [0.3, 0.4) is 0 Å². The van der Waals surface area contributed by atoms with Gasteiger partial charge in [-0.15, -0.1) is 6.58 Å². The first-order chi connectivity index (χ1) is 10.6. The van der Waals surface area contributed by atoms with Gasteiger partial charge in [0, 0.05) is 10.9 Å². The Morgan fingerprint density at radius 2 is 1.82 bits per heavy atom. The van der Waals surface area contributed by atoms with Gasteiger partial charge >= 0.3 is 0 Å². The molecule has 0 aliphatic carbocycles. The highest BCUT2D eigenvalue weighted by molar-refractivity contribution is 6.09. The van der Waals surface area contributed by atoms with Crippen LogP contribution in [0.2, 0.25) is 0 Å². The van der Waals surface area contributed by atoms with E-state index in [1.807, 2.05) is 18.2 Å². The number of hydrogen-bond acceptors (Lipinski definition) is 4. The Balaban J connectivity index is 3.08. The van der Waals surface area contributed by atoms with Crippen LogP contribution < -0.4 is 14.2 Å². The molecule has 0 atom stereocenters. The van der Waals surface area contributed by atoms with Crippen LogP contribution in [-0.4, -0.2) is 27.1 Å². The topological polar surface area (TPSA) is 44.8 Å². The molecule has 0 unspecified atom stereocenters. The highest BCUT2D eigenvalue weighted by Crippen LogP contribution is 2.45. The minimum atomic E-state index is -0.0835. The molecule has 0 fully saturated rings. The Labute approximate surface area is 130 Å².